The number of carbonyl (C=O) groups excluding carboxylic acids is 1. The van der Waals surface area contributed by atoms with Gasteiger partial charge < -0.3 is 5.32 Å². The highest BCUT2D eigenvalue weighted by Crippen LogP contribution is 2.28. The van der Waals surface area contributed by atoms with Gasteiger partial charge in [0, 0.05) is 18.4 Å². The first-order chi connectivity index (χ1) is 8.75. The Labute approximate surface area is 109 Å². The van der Waals surface area contributed by atoms with E-state index in [0.717, 1.165) is 24.6 Å². The van der Waals surface area contributed by atoms with Crippen LogP contribution in [0.1, 0.15) is 54.6 Å². The molecular formula is C15H22N2O. The molecule has 18 heavy (non-hydrogen) atoms. The Morgan fingerprint density at radius 1 is 1.39 bits per heavy atom. The van der Waals surface area contributed by atoms with Crippen LogP contribution >= 0.6 is 0 Å². The van der Waals surface area contributed by atoms with Crippen molar-refractivity contribution in [3.63, 3.8) is 0 Å². The zero-order valence-corrected chi connectivity index (χ0v) is 11.1. The maximum absolute atomic E-state index is 11.8. The first-order valence-electron chi connectivity index (χ1n) is 6.96. The van der Waals surface area contributed by atoms with E-state index in [1.807, 2.05) is 19.1 Å². The molecule has 0 atom stereocenters. The Bertz CT molecular complexity index is 380. The van der Waals surface area contributed by atoms with Gasteiger partial charge in [-0.1, -0.05) is 25.7 Å². The zero-order valence-electron chi connectivity index (χ0n) is 11.1. The van der Waals surface area contributed by atoms with Crippen molar-refractivity contribution < 1.29 is 4.79 Å². The van der Waals surface area contributed by atoms with Gasteiger partial charge in [0.2, 0.25) is 0 Å². The normalized spacial score (nSPS) is 15.8. The number of hydrogen-bond donors (Lipinski definition) is 1. The number of carbonyl (C=O) groups is 1. The Morgan fingerprint density at radius 2 is 2.17 bits per heavy atom. The molecular weight excluding hydrogens is 224 g/mol. The second-order valence-electron chi connectivity index (χ2n) is 5.24. The summed E-state index contributed by atoms with van der Waals surface area (Å²) in [6.45, 7) is 2.70. The van der Waals surface area contributed by atoms with Crippen LogP contribution in [0, 0.1) is 12.8 Å². The largest absolute Gasteiger partial charge is 0.352 e. The Kier molecular flexibility index (Phi) is 4.73. The van der Waals surface area contributed by atoms with Crippen LogP contribution in [0.5, 0.6) is 0 Å². The van der Waals surface area contributed by atoms with Crippen LogP contribution in [0.4, 0.5) is 0 Å². The van der Waals surface area contributed by atoms with Gasteiger partial charge >= 0.3 is 0 Å². The highest BCUT2D eigenvalue weighted by Gasteiger charge is 2.14. The minimum Gasteiger partial charge on any atom is -0.352 e. The third-order valence-corrected chi connectivity index (χ3v) is 3.72. The van der Waals surface area contributed by atoms with E-state index in [1.54, 1.807) is 6.20 Å². The minimum atomic E-state index is -0.00563. The topological polar surface area (TPSA) is 42.0 Å². The molecule has 3 nitrogen and oxygen atoms in total. The van der Waals surface area contributed by atoms with Crippen LogP contribution in [0.25, 0.3) is 0 Å². The summed E-state index contributed by atoms with van der Waals surface area (Å²) in [5.74, 6) is 0.900. The summed E-state index contributed by atoms with van der Waals surface area (Å²) in [5, 5.41) is 2.96. The summed E-state index contributed by atoms with van der Waals surface area (Å²) in [6, 6.07) is 3.70. The fourth-order valence-corrected chi connectivity index (χ4v) is 2.60. The molecule has 1 fully saturated rings. The quantitative estimate of drug-likeness (QED) is 0.811. The SMILES string of the molecule is Cc1ccc(C(=O)NCCCC2CCCC2)cn1. The second kappa shape index (κ2) is 6.53. The standard InChI is InChI=1S/C15H22N2O/c1-12-8-9-14(11-17-12)15(18)16-10-4-7-13-5-2-3-6-13/h8-9,11,13H,2-7,10H2,1H3,(H,16,18). The van der Waals surface area contributed by atoms with Crippen molar-refractivity contribution in [1.82, 2.24) is 10.3 Å². The van der Waals surface area contributed by atoms with Gasteiger partial charge in [-0.3, -0.25) is 9.78 Å². The Morgan fingerprint density at radius 3 is 2.83 bits per heavy atom. The molecule has 1 amide bonds. The van der Waals surface area contributed by atoms with Crippen molar-refractivity contribution in [2.24, 2.45) is 5.92 Å². The lowest BCUT2D eigenvalue weighted by molar-refractivity contribution is 0.0952. The monoisotopic (exact) mass is 246 g/mol. The number of pyridine rings is 1. The number of aryl methyl sites for hydroxylation is 1. The molecule has 1 aromatic rings. The van der Waals surface area contributed by atoms with Crippen molar-refractivity contribution in [2.45, 2.75) is 45.4 Å². The number of nitrogens with one attached hydrogen (secondary N) is 1. The smallest absolute Gasteiger partial charge is 0.252 e. The van der Waals surface area contributed by atoms with Crippen molar-refractivity contribution in [3.05, 3.63) is 29.6 Å². The first kappa shape index (κ1) is 13.1. The molecule has 0 bridgehead atoms. The number of aromatic nitrogens is 1. The van der Waals surface area contributed by atoms with Gasteiger partial charge in [-0.15, -0.1) is 0 Å². The Hall–Kier alpha value is -1.38. The Balaban J connectivity index is 1.66. The molecule has 0 radical (unpaired) electrons. The van der Waals surface area contributed by atoms with Crippen LogP contribution in [-0.4, -0.2) is 17.4 Å². The summed E-state index contributed by atoms with van der Waals surface area (Å²) in [6.07, 6.45) is 9.55. The predicted molar refractivity (Wildman–Crippen MR) is 72.5 cm³/mol. The van der Waals surface area contributed by atoms with Gasteiger partial charge in [0.15, 0.2) is 0 Å². The van der Waals surface area contributed by atoms with Gasteiger partial charge in [-0.2, -0.15) is 0 Å². The van der Waals surface area contributed by atoms with E-state index in [4.69, 9.17) is 0 Å². The summed E-state index contributed by atoms with van der Waals surface area (Å²) in [7, 11) is 0. The average Bonchev–Trinajstić information content (AvgIpc) is 2.88. The molecule has 98 valence electrons. The van der Waals surface area contributed by atoms with Crippen LogP contribution in [0.15, 0.2) is 18.3 Å². The molecule has 1 aromatic heterocycles. The molecule has 2 rings (SSSR count). The highest BCUT2D eigenvalue weighted by atomic mass is 16.1. The molecule has 3 heteroatoms. The molecule has 1 heterocycles. The van der Waals surface area contributed by atoms with Crippen LogP contribution in [0.3, 0.4) is 0 Å². The molecule has 0 saturated heterocycles. The number of amides is 1. The molecule has 0 aromatic carbocycles. The number of nitrogens with zero attached hydrogens (tertiary/aromatic N) is 1. The van der Waals surface area contributed by atoms with Crippen LogP contribution in [0.2, 0.25) is 0 Å². The molecule has 1 aliphatic rings. The number of hydrogen-bond acceptors (Lipinski definition) is 2. The molecule has 0 aliphatic heterocycles. The molecule has 1 aliphatic carbocycles. The van der Waals surface area contributed by atoms with E-state index in [9.17, 15) is 4.79 Å². The van der Waals surface area contributed by atoms with E-state index in [-0.39, 0.29) is 5.91 Å². The van der Waals surface area contributed by atoms with Crippen LogP contribution < -0.4 is 5.32 Å². The maximum Gasteiger partial charge on any atom is 0.252 e. The lowest BCUT2D eigenvalue weighted by atomic mass is 10.0. The van der Waals surface area contributed by atoms with Gasteiger partial charge in [0.1, 0.15) is 0 Å². The number of rotatable bonds is 5. The van der Waals surface area contributed by atoms with Gasteiger partial charge in [0.25, 0.3) is 5.91 Å². The maximum atomic E-state index is 11.8. The summed E-state index contributed by atoms with van der Waals surface area (Å²) < 4.78 is 0. The lowest BCUT2D eigenvalue weighted by Crippen LogP contribution is -2.24. The van der Waals surface area contributed by atoms with Crippen molar-refractivity contribution in [3.8, 4) is 0 Å². The summed E-state index contributed by atoms with van der Waals surface area (Å²) in [5.41, 5.74) is 1.59. The molecule has 0 spiro atoms. The van der Waals surface area contributed by atoms with Crippen molar-refractivity contribution in [2.75, 3.05) is 6.54 Å². The minimum absolute atomic E-state index is 0.00563. The van der Waals surface area contributed by atoms with Crippen molar-refractivity contribution >= 4 is 5.91 Å². The fraction of sp³-hybridized carbons (Fsp3) is 0.600. The van der Waals surface area contributed by atoms with Crippen molar-refractivity contribution in [1.29, 1.82) is 0 Å². The summed E-state index contributed by atoms with van der Waals surface area (Å²) >= 11 is 0. The first-order valence-corrected chi connectivity index (χ1v) is 6.96. The fourth-order valence-electron chi connectivity index (χ4n) is 2.60. The van der Waals surface area contributed by atoms with E-state index >= 15 is 0 Å². The van der Waals surface area contributed by atoms with Gasteiger partial charge in [0.05, 0.1) is 5.56 Å². The second-order valence-corrected chi connectivity index (χ2v) is 5.24. The van der Waals surface area contributed by atoms with E-state index < -0.39 is 0 Å². The molecule has 1 N–H and O–H groups in total. The summed E-state index contributed by atoms with van der Waals surface area (Å²) in [4.78, 5) is 15.9. The lowest BCUT2D eigenvalue weighted by Gasteiger charge is -2.09. The highest BCUT2D eigenvalue weighted by molar-refractivity contribution is 5.93. The van der Waals surface area contributed by atoms with E-state index in [2.05, 4.69) is 10.3 Å². The van der Waals surface area contributed by atoms with Gasteiger partial charge in [-0.25, -0.2) is 0 Å². The average molecular weight is 246 g/mol. The van der Waals surface area contributed by atoms with Crippen LogP contribution in [-0.2, 0) is 0 Å². The zero-order chi connectivity index (χ0) is 12.8. The van der Waals surface area contributed by atoms with E-state index in [1.165, 1.54) is 32.1 Å². The third-order valence-electron chi connectivity index (χ3n) is 3.72. The van der Waals surface area contributed by atoms with E-state index in [0.29, 0.717) is 5.56 Å². The predicted octanol–water partition coefficient (Wildman–Crippen LogP) is 3.09. The van der Waals surface area contributed by atoms with Gasteiger partial charge in [-0.05, 0) is 37.8 Å². The third kappa shape index (κ3) is 3.83. The molecule has 1 saturated carbocycles. The molecule has 0 unspecified atom stereocenters.